The molecule has 0 spiro atoms. The van der Waals surface area contributed by atoms with Gasteiger partial charge in [-0.2, -0.15) is 0 Å². The number of hydrogen-bond acceptors (Lipinski definition) is 2. The summed E-state index contributed by atoms with van der Waals surface area (Å²) in [7, 11) is 0. The monoisotopic (exact) mass is 304 g/mol. The van der Waals surface area contributed by atoms with Crippen LogP contribution in [0.15, 0.2) is 66.2 Å². The first-order valence-corrected chi connectivity index (χ1v) is 7.43. The van der Waals surface area contributed by atoms with E-state index >= 15 is 0 Å². The third kappa shape index (κ3) is 8.87. The number of allylic oxidation sites excluding steroid dienone is 5. The van der Waals surface area contributed by atoms with E-state index in [1.807, 2.05) is 42.5 Å². The summed E-state index contributed by atoms with van der Waals surface area (Å²) in [6.45, 7) is 4.04. The molecule has 1 aromatic carbocycles. The van der Waals surface area contributed by atoms with Gasteiger partial charge in [-0.3, -0.25) is 4.79 Å². The Morgan fingerprint density at radius 2 is 2.05 bits per heavy atom. The Kier molecular flexibility index (Phi) is 8.98. The third-order valence-corrected chi connectivity index (χ3v) is 3.05. The molecule has 0 aliphatic rings. The van der Waals surface area contributed by atoms with Gasteiger partial charge in [0.05, 0.1) is 6.61 Å². The molecule has 0 N–H and O–H groups in total. The molecule has 0 aliphatic carbocycles. The third-order valence-electron chi connectivity index (χ3n) is 2.77. The molecule has 21 heavy (non-hydrogen) atoms. The molecule has 0 atom stereocenters. The van der Waals surface area contributed by atoms with Crippen molar-refractivity contribution in [3.05, 3.63) is 71.8 Å². The lowest BCUT2D eigenvalue weighted by Crippen LogP contribution is -2.07. The lowest BCUT2D eigenvalue weighted by molar-refractivity contribution is -0.143. The standard InChI is InChI=1S/C18H21ClO2/c1-2-3-11-17(19)12-7-8-13-18(20)21-15-14-16-9-5-4-6-10-16/h2,4-7,9-12H,1,3,8,13-15H2/b12-7-,17-11+. The van der Waals surface area contributed by atoms with Crippen molar-refractivity contribution >= 4 is 17.6 Å². The lowest BCUT2D eigenvalue weighted by atomic mass is 10.2. The van der Waals surface area contributed by atoms with E-state index in [0.717, 1.165) is 12.8 Å². The zero-order valence-corrected chi connectivity index (χ0v) is 12.9. The number of ether oxygens (including phenoxy) is 1. The Labute approximate surface area is 131 Å². The summed E-state index contributed by atoms with van der Waals surface area (Å²) >= 11 is 5.94. The van der Waals surface area contributed by atoms with Crippen LogP contribution in [-0.4, -0.2) is 12.6 Å². The second-order valence-electron chi connectivity index (χ2n) is 4.51. The molecule has 2 nitrogen and oxygen atoms in total. The number of carbonyl (C=O) groups is 1. The molecule has 1 aromatic rings. The van der Waals surface area contributed by atoms with Crippen LogP contribution in [0.1, 0.15) is 24.8 Å². The normalized spacial score (nSPS) is 11.6. The molecular formula is C18H21ClO2. The van der Waals surface area contributed by atoms with Crippen LogP contribution in [0.25, 0.3) is 0 Å². The molecule has 3 heteroatoms. The van der Waals surface area contributed by atoms with Crippen LogP contribution in [-0.2, 0) is 16.0 Å². The first kappa shape index (κ1) is 17.3. The minimum absolute atomic E-state index is 0.179. The molecule has 0 aliphatic heterocycles. The van der Waals surface area contributed by atoms with Gasteiger partial charge in [-0.15, -0.1) is 6.58 Å². The predicted octanol–water partition coefficient (Wildman–Crippen LogP) is 4.81. The minimum atomic E-state index is -0.179. The summed E-state index contributed by atoms with van der Waals surface area (Å²) in [5, 5.41) is 0.660. The van der Waals surface area contributed by atoms with E-state index in [9.17, 15) is 4.79 Å². The van der Waals surface area contributed by atoms with E-state index in [1.54, 1.807) is 12.2 Å². The summed E-state index contributed by atoms with van der Waals surface area (Å²) in [6.07, 6.45) is 9.80. The van der Waals surface area contributed by atoms with E-state index in [1.165, 1.54) is 5.56 Å². The van der Waals surface area contributed by atoms with Crippen LogP contribution < -0.4 is 0 Å². The summed E-state index contributed by atoms with van der Waals surface area (Å²) in [5.74, 6) is -0.179. The fourth-order valence-corrected chi connectivity index (χ4v) is 1.84. The quantitative estimate of drug-likeness (QED) is 0.372. The first-order chi connectivity index (χ1) is 10.2. The Morgan fingerprint density at radius 3 is 2.76 bits per heavy atom. The molecule has 0 aromatic heterocycles. The van der Waals surface area contributed by atoms with Gasteiger partial charge in [0.1, 0.15) is 0 Å². The van der Waals surface area contributed by atoms with Gasteiger partial charge in [0.15, 0.2) is 0 Å². The number of rotatable bonds is 9. The van der Waals surface area contributed by atoms with Crippen molar-refractivity contribution in [2.45, 2.75) is 25.7 Å². The largest absolute Gasteiger partial charge is 0.465 e. The zero-order chi connectivity index (χ0) is 15.3. The summed E-state index contributed by atoms with van der Waals surface area (Å²) in [4.78, 5) is 11.5. The van der Waals surface area contributed by atoms with E-state index < -0.39 is 0 Å². The van der Waals surface area contributed by atoms with Crippen LogP contribution in [0.2, 0.25) is 0 Å². The summed E-state index contributed by atoms with van der Waals surface area (Å²) in [6, 6.07) is 9.97. The molecule has 0 fully saturated rings. The molecule has 1 rings (SSSR count). The van der Waals surface area contributed by atoms with Crippen molar-refractivity contribution in [1.82, 2.24) is 0 Å². The second kappa shape index (κ2) is 10.9. The van der Waals surface area contributed by atoms with Crippen LogP contribution in [0.5, 0.6) is 0 Å². The number of esters is 1. The van der Waals surface area contributed by atoms with Crippen LogP contribution >= 0.6 is 11.6 Å². The average molecular weight is 305 g/mol. The maximum atomic E-state index is 11.5. The number of halogens is 1. The molecular weight excluding hydrogens is 284 g/mol. The smallest absolute Gasteiger partial charge is 0.306 e. The highest BCUT2D eigenvalue weighted by Crippen LogP contribution is 2.07. The highest BCUT2D eigenvalue weighted by molar-refractivity contribution is 6.31. The fraction of sp³-hybridized carbons (Fsp3) is 0.278. The molecule has 112 valence electrons. The SMILES string of the molecule is C=CC/C=C(Cl)\C=C/CCC(=O)OCCc1ccccc1. The maximum absolute atomic E-state index is 11.5. The molecule has 0 bridgehead atoms. The van der Waals surface area contributed by atoms with Crippen molar-refractivity contribution < 1.29 is 9.53 Å². The van der Waals surface area contributed by atoms with Crippen molar-refractivity contribution in [2.24, 2.45) is 0 Å². The van der Waals surface area contributed by atoms with E-state index in [2.05, 4.69) is 6.58 Å². The predicted molar refractivity (Wildman–Crippen MR) is 88.2 cm³/mol. The lowest BCUT2D eigenvalue weighted by Gasteiger charge is -2.03. The van der Waals surface area contributed by atoms with Crippen LogP contribution in [0.3, 0.4) is 0 Å². The first-order valence-electron chi connectivity index (χ1n) is 7.05. The fourth-order valence-electron chi connectivity index (χ4n) is 1.66. The topological polar surface area (TPSA) is 26.3 Å². The van der Waals surface area contributed by atoms with Gasteiger partial charge in [0.2, 0.25) is 0 Å². The molecule has 0 amide bonds. The van der Waals surface area contributed by atoms with Gasteiger partial charge in [-0.25, -0.2) is 0 Å². The molecule has 0 saturated carbocycles. The van der Waals surface area contributed by atoms with Crippen molar-refractivity contribution in [2.75, 3.05) is 6.61 Å². The van der Waals surface area contributed by atoms with Gasteiger partial charge in [0.25, 0.3) is 0 Å². The Balaban J connectivity index is 2.14. The summed E-state index contributed by atoms with van der Waals surface area (Å²) < 4.78 is 5.18. The Bertz CT molecular complexity index is 489. The van der Waals surface area contributed by atoms with Crippen LogP contribution in [0.4, 0.5) is 0 Å². The second-order valence-corrected chi connectivity index (χ2v) is 4.95. The highest BCUT2D eigenvalue weighted by Gasteiger charge is 2.01. The van der Waals surface area contributed by atoms with Crippen molar-refractivity contribution in [1.29, 1.82) is 0 Å². The highest BCUT2D eigenvalue weighted by atomic mass is 35.5. The minimum Gasteiger partial charge on any atom is -0.465 e. The van der Waals surface area contributed by atoms with Gasteiger partial charge < -0.3 is 4.74 Å². The van der Waals surface area contributed by atoms with Gasteiger partial charge >= 0.3 is 5.97 Å². The molecule has 0 heterocycles. The van der Waals surface area contributed by atoms with Crippen LogP contribution in [0, 0.1) is 0 Å². The summed E-state index contributed by atoms with van der Waals surface area (Å²) in [5.41, 5.74) is 1.17. The Morgan fingerprint density at radius 1 is 1.29 bits per heavy atom. The van der Waals surface area contributed by atoms with E-state index in [-0.39, 0.29) is 5.97 Å². The number of hydrogen-bond donors (Lipinski definition) is 0. The van der Waals surface area contributed by atoms with E-state index in [0.29, 0.717) is 24.5 Å². The molecule has 0 radical (unpaired) electrons. The van der Waals surface area contributed by atoms with Crippen molar-refractivity contribution in [3.8, 4) is 0 Å². The van der Waals surface area contributed by atoms with Gasteiger partial charge in [-0.1, -0.05) is 60.2 Å². The molecule has 0 unspecified atom stereocenters. The van der Waals surface area contributed by atoms with Gasteiger partial charge in [0, 0.05) is 17.9 Å². The number of carbonyl (C=O) groups excluding carboxylic acids is 1. The van der Waals surface area contributed by atoms with E-state index in [4.69, 9.17) is 16.3 Å². The molecule has 0 saturated heterocycles. The maximum Gasteiger partial charge on any atom is 0.306 e. The Hall–Kier alpha value is -1.80. The van der Waals surface area contributed by atoms with Gasteiger partial charge in [-0.05, 0) is 24.5 Å². The van der Waals surface area contributed by atoms with Crippen molar-refractivity contribution in [3.63, 3.8) is 0 Å². The average Bonchev–Trinajstić information content (AvgIpc) is 2.50. The zero-order valence-electron chi connectivity index (χ0n) is 12.1. The number of benzene rings is 1.